The van der Waals surface area contributed by atoms with E-state index in [1.807, 2.05) is 0 Å². The molecule has 0 saturated heterocycles. The lowest BCUT2D eigenvalue weighted by atomic mass is 10.3. The van der Waals surface area contributed by atoms with Gasteiger partial charge in [0, 0.05) is 6.07 Å². The molecular weight excluding hydrogens is 219 g/mol. The molecule has 0 aromatic heterocycles. The Morgan fingerprint density at radius 1 is 1.14 bits per heavy atom. The Labute approximate surface area is 83.1 Å². The van der Waals surface area contributed by atoms with Crippen LogP contribution in [-0.4, -0.2) is 9.85 Å². The maximum Gasteiger partial charge on any atom is 0.311 e. The molecule has 0 unspecified atom stereocenters. The number of halogens is 2. The lowest BCUT2D eigenvalue weighted by molar-refractivity contribution is -0.395. The maximum atomic E-state index is 12.6. The number of nitro benzene ring substituents is 2. The van der Waals surface area contributed by atoms with Crippen molar-refractivity contribution in [2.75, 3.05) is 0 Å². The van der Waals surface area contributed by atoms with Crippen molar-refractivity contribution in [2.24, 2.45) is 0 Å². The van der Waals surface area contributed by atoms with Gasteiger partial charge in [-0.1, -0.05) is 0 Å². The Hall–Kier alpha value is -1.76. The first-order valence-corrected chi connectivity index (χ1v) is 3.10. The van der Waals surface area contributed by atoms with Gasteiger partial charge in [-0.05, 0) is 6.07 Å². The highest BCUT2D eigenvalue weighted by molar-refractivity contribution is 5.85. The fourth-order valence-corrected chi connectivity index (χ4v) is 0.755. The van der Waals surface area contributed by atoms with Crippen molar-refractivity contribution in [2.45, 2.75) is 0 Å². The van der Waals surface area contributed by atoms with Gasteiger partial charge >= 0.3 is 5.69 Å². The minimum absolute atomic E-state index is 0. The van der Waals surface area contributed by atoms with E-state index in [4.69, 9.17) is 0 Å². The van der Waals surface area contributed by atoms with Crippen molar-refractivity contribution in [1.82, 2.24) is 0 Å². The number of hydrogen-bond donors (Lipinski definition) is 0. The predicted molar refractivity (Wildman–Crippen MR) is 47.0 cm³/mol. The van der Waals surface area contributed by atoms with E-state index in [-0.39, 0.29) is 12.4 Å². The van der Waals surface area contributed by atoms with Gasteiger partial charge in [-0.2, -0.15) is 4.39 Å². The van der Waals surface area contributed by atoms with Crippen LogP contribution in [-0.2, 0) is 0 Å². The second-order valence-corrected chi connectivity index (χ2v) is 2.15. The van der Waals surface area contributed by atoms with Crippen LogP contribution in [0.5, 0.6) is 0 Å². The Bertz CT molecular complexity index is 384. The molecule has 0 fully saturated rings. The average Bonchev–Trinajstić information content (AvgIpc) is 2.04. The van der Waals surface area contributed by atoms with Crippen molar-refractivity contribution < 1.29 is 14.2 Å². The topological polar surface area (TPSA) is 86.3 Å². The molecule has 1 aromatic carbocycles. The molecule has 0 bridgehead atoms. The Kier molecular flexibility index (Phi) is 3.91. The van der Waals surface area contributed by atoms with E-state index in [2.05, 4.69) is 0 Å². The molecule has 0 heterocycles. The number of non-ortho nitro benzene ring substituents is 1. The molecule has 1 aromatic rings. The molecule has 0 N–H and O–H groups in total. The summed E-state index contributed by atoms with van der Waals surface area (Å²) in [4.78, 5) is 18.4. The third-order valence-electron chi connectivity index (χ3n) is 1.34. The summed E-state index contributed by atoms with van der Waals surface area (Å²) in [5.41, 5.74) is -1.40. The van der Waals surface area contributed by atoms with Gasteiger partial charge in [0.2, 0.25) is 5.82 Å². The zero-order valence-corrected chi connectivity index (χ0v) is 7.36. The molecule has 14 heavy (non-hydrogen) atoms. The maximum absolute atomic E-state index is 12.6. The van der Waals surface area contributed by atoms with Gasteiger partial charge in [0.1, 0.15) is 0 Å². The van der Waals surface area contributed by atoms with Gasteiger partial charge in [-0.15, -0.1) is 12.4 Å². The van der Waals surface area contributed by atoms with E-state index >= 15 is 0 Å². The quantitative estimate of drug-likeness (QED) is 0.566. The SMILES string of the molecule is Cl.O=[N+]([O-])c1ccc(F)c([N+](=O)[O-])c1. The predicted octanol–water partition coefficient (Wildman–Crippen LogP) is 2.06. The molecular formula is C6H4ClFN2O4. The number of benzene rings is 1. The standard InChI is InChI=1S/C6H3FN2O4.ClH/c7-5-2-1-4(8(10)11)3-6(5)9(12)13;/h1-3H;1H. The molecule has 0 spiro atoms. The Morgan fingerprint density at radius 2 is 1.71 bits per heavy atom. The first-order chi connectivity index (χ1) is 6.02. The summed E-state index contributed by atoms with van der Waals surface area (Å²) in [5, 5.41) is 20.3. The van der Waals surface area contributed by atoms with E-state index in [9.17, 15) is 24.6 Å². The molecule has 0 aliphatic carbocycles. The third kappa shape index (κ3) is 2.36. The highest BCUT2D eigenvalue weighted by Crippen LogP contribution is 2.22. The average molecular weight is 223 g/mol. The summed E-state index contributed by atoms with van der Waals surface area (Å²) in [5.74, 6) is -1.09. The molecule has 0 atom stereocenters. The zero-order valence-electron chi connectivity index (χ0n) is 6.55. The Balaban J connectivity index is 0.00000169. The Morgan fingerprint density at radius 3 is 2.14 bits per heavy atom. The van der Waals surface area contributed by atoms with Crippen molar-refractivity contribution in [3.05, 3.63) is 44.2 Å². The summed E-state index contributed by atoms with van der Waals surface area (Å²) in [7, 11) is 0. The number of nitrogens with zero attached hydrogens (tertiary/aromatic N) is 2. The van der Waals surface area contributed by atoms with E-state index in [0.29, 0.717) is 12.1 Å². The first kappa shape index (κ1) is 12.2. The molecule has 0 amide bonds. The van der Waals surface area contributed by atoms with Crippen molar-refractivity contribution in [1.29, 1.82) is 0 Å². The summed E-state index contributed by atoms with van der Waals surface area (Å²) in [6, 6.07) is 2.13. The van der Waals surface area contributed by atoms with E-state index in [1.165, 1.54) is 0 Å². The number of rotatable bonds is 2. The minimum Gasteiger partial charge on any atom is -0.258 e. The van der Waals surface area contributed by atoms with Gasteiger partial charge in [-0.25, -0.2) is 0 Å². The zero-order chi connectivity index (χ0) is 10.0. The molecule has 0 radical (unpaired) electrons. The van der Waals surface area contributed by atoms with Crippen molar-refractivity contribution in [3.63, 3.8) is 0 Å². The molecule has 6 nitrogen and oxygen atoms in total. The van der Waals surface area contributed by atoms with Crippen LogP contribution in [0.1, 0.15) is 0 Å². The van der Waals surface area contributed by atoms with Crippen LogP contribution < -0.4 is 0 Å². The fraction of sp³-hybridized carbons (Fsp3) is 0. The van der Waals surface area contributed by atoms with Gasteiger partial charge in [-0.3, -0.25) is 20.2 Å². The van der Waals surface area contributed by atoms with Crippen LogP contribution in [0.3, 0.4) is 0 Å². The number of hydrogen-bond acceptors (Lipinski definition) is 4. The van der Waals surface area contributed by atoms with Gasteiger partial charge in [0.05, 0.1) is 15.9 Å². The van der Waals surface area contributed by atoms with Crippen LogP contribution in [0.25, 0.3) is 0 Å². The van der Waals surface area contributed by atoms with Crippen LogP contribution >= 0.6 is 12.4 Å². The monoisotopic (exact) mass is 222 g/mol. The molecule has 1 rings (SSSR count). The van der Waals surface area contributed by atoms with Crippen LogP contribution in [0.2, 0.25) is 0 Å². The third-order valence-corrected chi connectivity index (χ3v) is 1.34. The van der Waals surface area contributed by atoms with Crippen LogP contribution in [0.15, 0.2) is 18.2 Å². The van der Waals surface area contributed by atoms with Gasteiger partial charge < -0.3 is 0 Å². The normalized spacial score (nSPS) is 8.93. The molecule has 8 heteroatoms. The van der Waals surface area contributed by atoms with Crippen LogP contribution in [0, 0.1) is 26.0 Å². The fourth-order valence-electron chi connectivity index (χ4n) is 0.755. The molecule has 0 aliphatic heterocycles. The largest absolute Gasteiger partial charge is 0.311 e. The van der Waals surface area contributed by atoms with E-state index < -0.39 is 27.0 Å². The van der Waals surface area contributed by atoms with Crippen molar-refractivity contribution in [3.8, 4) is 0 Å². The second kappa shape index (κ2) is 4.47. The summed E-state index contributed by atoms with van der Waals surface area (Å²) < 4.78 is 12.6. The van der Waals surface area contributed by atoms with Crippen LogP contribution in [0.4, 0.5) is 15.8 Å². The molecule has 76 valence electrons. The lowest BCUT2D eigenvalue weighted by Gasteiger charge is -1.93. The highest BCUT2D eigenvalue weighted by atomic mass is 35.5. The lowest BCUT2D eigenvalue weighted by Crippen LogP contribution is -1.95. The summed E-state index contributed by atoms with van der Waals surface area (Å²) >= 11 is 0. The smallest absolute Gasteiger partial charge is 0.258 e. The van der Waals surface area contributed by atoms with E-state index in [1.54, 1.807) is 0 Å². The second-order valence-electron chi connectivity index (χ2n) is 2.15. The summed E-state index contributed by atoms with van der Waals surface area (Å²) in [6.07, 6.45) is 0. The number of nitro groups is 2. The van der Waals surface area contributed by atoms with E-state index in [0.717, 1.165) is 6.07 Å². The van der Waals surface area contributed by atoms with Crippen molar-refractivity contribution >= 4 is 23.8 Å². The summed E-state index contributed by atoms with van der Waals surface area (Å²) in [6.45, 7) is 0. The highest BCUT2D eigenvalue weighted by Gasteiger charge is 2.18. The van der Waals surface area contributed by atoms with Gasteiger partial charge in [0.15, 0.2) is 0 Å². The molecule has 0 aliphatic rings. The van der Waals surface area contributed by atoms with Gasteiger partial charge in [0.25, 0.3) is 5.69 Å². The molecule has 0 saturated carbocycles. The first-order valence-electron chi connectivity index (χ1n) is 3.10. The minimum atomic E-state index is -1.09.